The van der Waals surface area contributed by atoms with Gasteiger partial charge in [-0.1, -0.05) is 36.8 Å². The van der Waals surface area contributed by atoms with Gasteiger partial charge in [0.05, 0.1) is 18.4 Å². The monoisotopic (exact) mass is 359 g/mol. The van der Waals surface area contributed by atoms with E-state index in [0.29, 0.717) is 5.91 Å². The molecule has 0 radical (unpaired) electrons. The normalized spacial score (nSPS) is 26.3. The van der Waals surface area contributed by atoms with Gasteiger partial charge in [0, 0.05) is 19.6 Å². The number of carbonyl (C=O) groups excluding carboxylic acids is 1. The molecule has 2 saturated heterocycles. The zero-order chi connectivity index (χ0) is 18.5. The molecular formula is C20H33N5O. The minimum Gasteiger partial charge on any atom is -0.340 e. The fourth-order valence-corrected chi connectivity index (χ4v) is 3.70. The molecule has 26 heavy (non-hydrogen) atoms. The molecule has 0 spiro atoms. The highest BCUT2D eigenvalue weighted by Crippen LogP contribution is 2.17. The van der Waals surface area contributed by atoms with Gasteiger partial charge in [0.25, 0.3) is 0 Å². The van der Waals surface area contributed by atoms with Crippen molar-refractivity contribution < 1.29 is 4.79 Å². The Hall–Kier alpha value is -1.47. The van der Waals surface area contributed by atoms with E-state index >= 15 is 0 Å². The average molecular weight is 360 g/mol. The molecule has 0 aliphatic carbocycles. The molecule has 2 aliphatic rings. The fourth-order valence-electron chi connectivity index (χ4n) is 3.70. The van der Waals surface area contributed by atoms with Gasteiger partial charge >= 0.3 is 0 Å². The van der Waals surface area contributed by atoms with Gasteiger partial charge in [-0.3, -0.25) is 20.3 Å². The molecule has 6 heteroatoms. The van der Waals surface area contributed by atoms with Crippen molar-refractivity contribution >= 4 is 5.91 Å². The van der Waals surface area contributed by atoms with Crippen molar-refractivity contribution in [1.82, 2.24) is 20.4 Å². The van der Waals surface area contributed by atoms with Crippen molar-refractivity contribution in [3.8, 4) is 0 Å². The summed E-state index contributed by atoms with van der Waals surface area (Å²) >= 11 is 0. The topological polar surface area (TPSA) is 83.5 Å². The van der Waals surface area contributed by atoms with Crippen LogP contribution in [0.25, 0.3) is 0 Å². The van der Waals surface area contributed by atoms with E-state index in [4.69, 9.17) is 5.73 Å². The van der Waals surface area contributed by atoms with Crippen LogP contribution in [0.2, 0.25) is 0 Å². The first-order valence-corrected chi connectivity index (χ1v) is 9.92. The Balaban J connectivity index is 1.48. The number of nitrogens with zero attached hydrogens (tertiary/aromatic N) is 2. The predicted octanol–water partition coefficient (Wildman–Crippen LogP) is 0.654. The molecule has 0 saturated carbocycles. The lowest BCUT2D eigenvalue weighted by Gasteiger charge is -2.40. The number of hydrogen-bond donors (Lipinski definition) is 3. The maximum Gasteiger partial charge on any atom is 0.239 e. The smallest absolute Gasteiger partial charge is 0.239 e. The van der Waals surface area contributed by atoms with Crippen molar-refractivity contribution in [1.29, 1.82) is 0 Å². The number of likely N-dealkylation sites (N-methyl/N-ethyl adjacent to an activating group) is 1. The van der Waals surface area contributed by atoms with Gasteiger partial charge in [-0.05, 0) is 44.8 Å². The molecule has 3 rings (SSSR count). The summed E-state index contributed by atoms with van der Waals surface area (Å²) in [5.74, 6) is 0.298. The van der Waals surface area contributed by atoms with E-state index in [1.54, 1.807) is 0 Å². The Labute approximate surface area is 157 Å². The predicted molar refractivity (Wildman–Crippen MR) is 105 cm³/mol. The van der Waals surface area contributed by atoms with Gasteiger partial charge in [0.1, 0.15) is 0 Å². The summed E-state index contributed by atoms with van der Waals surface area (Å²) in [5, 5.41) is 6.50. The molecule has 4 N–H and O–H groups in total. The summed E-state index contributed by atoms with van der Waals surface area (Å²) < 4.78 is 0. The van der Waals surface area contributed by atoms with Gasteiger partial charge in [-0.25, -0.2) is 0 Å². The number of amides is 1. The number of aryl methyl sites for hydroxylation is 1. The van der Waals surface area contributed by atoms with Crippen LogP contribution in [0.15, 0.2) is 24.3 Å². The molecular weight excluding hydrogens is 326 g/mol. The standard InChI is InChI=1S/C20H33N5O/c1-3-24-13-14-25(12-10-16-8-6-15(2)7-9-16)20(26)17(24)5-4-11-22-19-18(21)23-19/h6-9,17-19,22-23H,3-5,10-14,21H2,1-2H3/t17-,18?,19?/m0/s1. The zero-order valence-corrected chi connectivity index (χ0v) is 16.1. The van der Waals surface area contributed by atoms with Crippen molar-refractivity contribution in [2.45, 2.75) is 51.5 Å². The second-order valence-corrected chi connectivity index (χ2v) is 7.47. The first kappa shape index (κ1) is 19.3. The second kappa shape index (κ2) is 8.95. The molecule has 1 aromatic carbocycles. The summed E-state index contributed by atoms with van der Waals surface area (Å²) in [5.41, 5.74) is 8.30. The third-order valence-corrected chi connectivity index (χ3v) is 5.53. The second-order valence-electron chi connectivity index (χ2n) is 7.47. The molecule has 2 aliphatic heterocycles. The van der Waals surface area contributed by atoms with Gasteiger partial charge in [0.2, 0.25) is 5.91 Å². The summed E-state index contributed by atoms with van der Waals surface area (Å²) in [6, 6.07) is 8.64. The Bertz CT molecular complexity index is 590. The number of rotatable bonds is 9. The Morgan fingerprint density at radius 2 is 2.00 bits per heavy atom. The number of piperazine rings is 1. The van der Waals surface area contributed by atoms with Crippen molar-refractivity contribution in [3.63, 3.8) is 0 Å². The van der Waals surface area contributed by atoms with Crippen LogP contribution in [-0.4, -0.2) is 66.8 Å². The molecule has 2 unspecified atom stereocenters. The van der Waals surface area contributed by atoms with Crippen LogP contribution in [0.5, 0.6) is 0 Å². The van der Waals surface area contributed by atoms with Crippen molar-refractivity contribution in [3.05, 3.63) is 35.4 Å². The molecule has 1 aromatic rings. The van der Waals surface area contributed by atoms with E-state index in [9.17, 15) is 4.79 Å². The lowest BCUT2D eigenvalue weighted by Crippen LogP contribution is -2.57. The largest absolute Gasteiger partial charge is 0.340 e. The molecule has 1 amide bonds. The highest BCUT2D eigenvalue weighted by molar-refractivity contribution is 5.82. The van der Waals surface area contributed by atoms with Crippen LogP contribution in [-0.2, 0) is 11.2 Å². The first-order chi connectivity index (χ1) is 12.6. The van der Waals surface area contributed by atoms with E-state index in [2.05, 4.69) is 58.5 Å². The summed E-state index contributed by atoms with van der Waals surface area (Å²) in [6.45, 7) is 8.71. The molecule has 2 heterocycles. The summed E-state index contributed by atoms with van der Waals surface area (Å²) in [7, 11) is 0. The van der Waals surface area contributed by atoms with E-state index < -0.39 is 0 Å². The molecule has 144 valence electrons. The van der Waals surface area contributed by atoms with Crippen molar-refractivity contribution in [2.75, 3.05) is 32.7 Å². The lowest BCUT2D eigenvalue weighted by molar-refractivity contribution is -0.142. The van der Waals surface area contributed by atoms with E-state index in [1.807, 2.05) is 0 Å². The van der Waals surface area contributed by atoms with Crippen LogP contribution in [0.1, 0.15) is 30.9 Å². The van der Waals surface area contributed by atoms with E-state index in [0.717, 1.165) is 52.0 Å². The maximum absolute atomic E-state index is 13.0. The van der Waals surface area contributed by atoms with Gasteiger partial charge in [-0.2, -0.15) is 0 Å². The minimum absolute atomic E-state index is 0.0226. The number of hydrogen-bond acceptors (Lipinski definition) is 5. The molecule has 6 nitrogen and oxygen atoms in total. The third kappa shape index (κ3) is 5.04. The summed E-state index contributed by atoms with van der Waals surface area (Å²) in [6.07, 6.45) is 3.17. The van der Waals surface area contributed by atoms with Crippen molar-refractivity contribution in [2.24, 2.45) is 5.73 Å². The number of carbonyl (C=O) groups is 1. The van der Waals surface area contributed by atoms with E-state index in [-0.39, 0.29) is 18.4 Å². The molecule has 0 aromatic heterocycles. The quantitative estimate of drug-likeness (QED) is 0.445. The average Bonchev–Trinajstić information content (AvgIpc) is 3.35. The lowest BCUT2D eigenvalue weighted by atomic mass is 10.0. The minimum atomic E-state index is 0.0226. The number of nitrogens with two attached hydrogens (primary N) is 1. The van der Waals surface area contributed by atoms with Crippen LogP contribution in [0, 0.1) is 6.92 Å². The SMILES string of the molecule is CCN1CCN(CCc2ccc(C)cc2)C(=O)[C@@H]1CCCNC1NC1N. The zero-order valence-electron chi connectivity index (χ0n) is 16.1. The first-order valence-electron chi connectivity index (χ1n) is 9.92. The van der Waals surface area contributed by atoms with Crippen LogP contribution in [0.4, 0.5) is 0 Å². The molecule has 2 fully saturated rings. The van der Waals surface area contributed by atoms with E-state index in [1.165, 1.54) is 11.1 Å². The Morgan fingerprint density at radius 1 is 1.27 bits per heavy atom. The van der Waals surface area contributed by atoms with Gasteiger partial charge in [0.15, 0.2) is 0 Å². The van der Waals surface area contributed by atoms with Crippen LogP contribution < -0.4 is 16.4 Å². The molecule has 0 bridgehead atoms. The number of benzene rings is 1. The van der Waals surface area contributed by atoms with Gasteiger partial charge in [-0.15, -0.1) is 0 Å². The van der Waals surface area contributed by atoms with Crippen LogP contribution >= 0.6 is 0 Å². The highest BCUT2D eigenvalue weighted by atomic mass is 16.2. The highest BCUT2D eigenvalue weighted by Gasteiger charge is 2.34. The van der Waals surface area contributed by atoms with Crippen LogP contribution in [0.3, 0.4) is 0 Å². The Morgan fingerprint density at radius 3 is 2.65 bits per heavy atom. The Kier molecular flexibility index (Phi) is 6.64. The van der Waals surface area contributed by atoms with Gasteiger partial charge < -0.3 is 10.6 Å². The maximum atomic E-state index is 13.0. The third-order valence-electron chi connectivity index (χ3n) is 5.53. The number of nitrogens with one attached hydrogen (secondary N) is 2. The summed E-state index contributed by atoms with van der Waals surface area (Å²) in [4.78, 5) is 17.4. The molecule has 3 atom stereocenters. The fraction of sp³-hybridized carbons (Fsp3) is 0.650.